The van der Waals surface area contributed by atoms with Gasteiger partial charge in [0.1, 0.15) is 0 Å². The quantitative estimate of drug-likeness (QED) is 0.789. The Morgan fingerprint density at radius 1 is 1.26 bits per heavy atom. The van der Waals surface area contributed by atoms with Gasteiger partial charge >= 0.3 is 0 Å². The molecule has 6 nitrogen and oxygen atoms in total. The lowest BCUT2D eigenvalue weighted by atomic mass is 10.3. The van der Waals surface area contributed by atoms with Crippen molar-refractivity contribution in [2.45, 2.75) is 19.8 Å². The Bertz CT molecular complexity index is 392. The predicted octanol–water partition coefficient (Wildman–Crippen LogP) is 0.777. The maximum atomic E-state index is 11.7. The molecule has 0 saturated heterocycles. The van der Waals surface area contributed by atoms with Gasteiger partial charge in [-0.15, -0.1) is 10.2 Å². The summed E-state index contributed by atoms with van der Waals surface area (Å²) in [5, 5.41) is 17.1. The molecule has 0 saturated carbocycles. The Balaban J connectivity index is 2.79. The summed E-state index contributed by atoms with van der Waals surface area (Å²) >= 11 is 0. The monoisotopic (exact) mass is 266 g/mol. The molecule has 1 rings (SSSR count). The molecule has 0 fully saturated rings. The Morgan fingerprint density at radius 2 is 2.00 bits per heavy atom. The molecule has 0 aliphatic rings. The van der Waals surface area contributed by atoms with Crippen LogP contribution in [0.4, 0.5) is 5.82 Å². The van der Waals surface area contributed by atoms with Crippen molar-refractivity contribution in [3.8, 4) is 0 Å². The molecule has 0 radical (unpaired) electrons. The number of nitrogens with zero attached hydrogens (tertiary/aromatic N) is 4. The number of amides is 1. The third-order valence-electron chi connectivity index (χ3n) is 2.75. The fraction of sp³-hybridized carbons (Fsp3) is 0.615. The van der Waals surface area contributed by atoms with E-state index in [1.165, 1.54) is 4.90 Å². The first-order chi connectivity index (χ1) is 9.10. The topological polar surface area (TPSA) is 69.6 Å². The minimum atomic E-state index is -0.165. The van der Waals surface area contributed by atoms with Gasteiger partial charge in [-0.3, -0.25) is 4.79 Å². The number of aliphatic hydroxyl groups is 1. The largest absolute Gasteiger partial charge is 0.395 e. The lowest BCUT2D eigenvalue weighted by Gasteiger charge is -2.22. The summed E-state index contributed by atoms with van der Waals surface area (Å²) in [4.78, 5) is 15.1. The van der Waals surface area contributed by atoms with E-state index in [9.17, 15) is 4.79 Å². The van der Waals surface area contributed by atoms with Crippen LogP contribution in [0.1, 0.15) is 30.3 Å². The van der Waals surface area contributed by atoms with Crippen molar-refractivity contribution in [2.75, 3.05) is 38.7 Å². The Labute approximate surface area is 114 Å². The number of unbranched alkanes of at least 4 members (excludes halogenated alkanes) is 1. The average molecular weight is 266 g/mol. The second kappa shape index (κ2) is 7.68. The van der Waals surface area contributed by atoms with Crippen LogP contribution in [-0.2, 0) is 0 Å². The van der Waals surface area contributed by atoms with E-state index in [-0.39, 0.29) is 12.5 Å². The van der Waals surface area contributed by atoms with Crippen LogP contribution in [-0.4, -0.2) is 59.9 Å². The zero-order chi connectivity index (χ0) is 14.3. The van der Waals surface area contributed by atoms with Crippen LogP contribution >= 0.6 is 0 Å². The first-order valence-corrected chi connectivity index (χ1v) is 6.51. The molecule has 6 heteroatoms. The highest BCUT2D eigenvalue weighted by Gasteiger charge is 2.12. The third-order valence-corrected chi connectivity index (χ3v) is 2.75. The molecule has 0 spiro atoms. The van der Waals surface area contributed by atoms with Crippen LogP contribution in [0.5, 0.6) is 0 Å². The van der Waals surface area contributed by atoms with Gasteiger partial charge in [0.2, 0.25) is 0 Å². The number of anilines is 1. The van der Waals surface area contributed by atoms with Crippen molar-refractivity contribution >= 4 is 11.7 Å². The summed E-state index contributed by atoms with van der Waals surface area (Å²) in [5.41, 5.74) is 0.327. The minimum absolute atomic E-state index is 0.0732. The fourth-order valence-electron chi connectivity index (χ4n) is 1.65. The fourth-order valence-corrected chi connectivity index (χ4v) is 1.65. The normalized spacial score (nSPS) is 10.3. The summed E-state index contributed by atoms with van der Waals surface area (Å²) in [6, 6.07) is 3.44. The molecule has 1 aromatic rings. The van der Waals surface area contributed by atoms with Crippen LogP contribution in [0.15, 0.2) is 12.1 Å². The van der Waals surface area contributed by atoms with Crippen LogP contribution in [0.25, 0.3) is 0 Å². The zero-order valence-corrected chi connectivity index (χ0v) is 11.8. The van der Waals surface area contributed by atoms with E-state index < -0.39 is 0 Å². The summed E-state index contributed by atoms with van der Waals surface area (Å²) in [6.45, 7) is 3.54. The minimum Gasteiger partial charge on any atom is -0.395 e. The van der Waals surface area contributed by atoms with Crippen molar-refractivity contribution < 1.29 is 9.90 Å². The molecular formula is C13H22N4O2. The van der Waals surface area contributed by atoms with E-state index in [4.69, 9.17) is 5.11 Å². The number of hydrogen-bond acceptors (Lipinski definition) is 5. The zero-order valence-electron chi connectivity index (χ0n) is 11.8. The number of aromatic nitrogens is 2. The molecule has 0 aliphatic carbocycles. The molecule has 0 unspecified atom stereocenters. The summed E-state index contributed by atoms with van der Waals surface area (Å²) in [5.74, 6) is 0.527. The molecule has 0 aliphatic heterocycles. The maximum absolute atomic E-state index is 11.7. The molecule has 0 bridgehead atoms. The van der Waals surface area contributed by atoms with Crippen LogP contribution < -0.4 is 4.90 Å². The molecule has 1 amide bonds. The molecular weight excluding hydrogens is 244 g/mol. The SMILES string of the molecule is CCCCN(CCO)c1ccc(C(=O)N(C)C)nn1. The number of carbonyl (C=O) groups is 1. The van der Waals surface area contributed by atoms with Gasteiger partial charge in [0.05, 0.1) is 6.61 Å². The van der Waals surface area contributed by atoms with Gasteiger partial charge in [-0.2, -0.15) is 0 Å². The van der Waals surface area contributed by atoms with E-state index >= 15 is 0 Å². The standard InChI is InChI=1S/C13H22N4O2/c1-4-5-8-17(9-10-18)12-7-6-11(14-15-12)13(19)16(2)3/h6-7,18H,4-5,8-10H2,1-3H3. The highest BCUT2D eigenvalue weighted by molar-refractivity contribution is 5.91. The Hall–Kier alpha value is -1.69. The molecule has 19 heavy (non-hydrogen) atoms. The van der Waals surface area contributed by atoms with Crippen molar-refractivity contribution in [1.29, 1.82) is 0 Å². The number of hydrogen-bond donors (Lipinski definition) is 1. The average Bonchev–Trinajstić information content (AvgIpc) is 2.42. The van der Waals surface area contributed by atoms with Crippen LogP contribution in [0.2, 0.25) is 0 Å². The van der Waals surface area contributed by atoms with E-state index in [0.29, 0.717) is 18.1 Å². The maximum Gasteiger partial charge on any atom is 0.273 e. The van der Waals surface area contributed by atoms with Gasteiger partial charge in [-0.05, 0) is 18.6 Å². The van der Waals surface area contributed by atoms with Gasteiger partial charge in [-0.25, -0.2) is 0 Å². The smallest absolute Gasteiger partial charge is 0.273 e. The molecule has 1 heterocycles. The van der Waals surface area contributed by atoms with Gasteiger partial charge in [0.15, 0.2) is 11.5 Å². The van der Waals surface area contributed by atoms with Gasteiger partial charge in [0, 0.05) is 27.2 Å². The van der Waals surface area contributed by atoms with E-state index in [0.717, 1.165) is 19.4 Å². The van der Waals surface area contributed by atoms with Crippen molar-refractivity contribution in [2.24, 2.45) is 0 Å². The highest BCUT2D eigenvalue weighted by atomic mass is 16.3. The lowest BCUT2D eigenvalue weighted by molar-refractivity contribution is 0.0821. The van der Waals surface area contributed by atoms with Crippen molar-refractivity contribution in [3.05, 3.63) is 17.8 Å². The van der Waals surface area contributed by atoms with Crippen molar-refractivity contribution in [1.82, 2.24) is 15.1 Å². The highest BCUT2D eigenvalue weighted by Crippen LogP contribution is 2.11. The number of carbonyl (C=O) groups excluding carboxylic acids is 1. The second-order valence-corrected chi connectivity index (χ2v) is 4.54. The van der Waals surface area contributed by atoms with E-state index in [2.05, 4.69) is 17.1 Å². The first-order valence-electron chi connectivity index (χ1n) is 6.51. The Morgan fingerprint density at radius 3 is 2.47 bits per heavy atom. The first kappa shape index (κ1) is 15.4. The summed E-state index contributed by atoms with van der Waals surface area (Å²) in [6.07, 6.45) is 2.10. The lowest BCUT2D eigenvalue weighted by Crippen LogP contribution is -2.29. The van der Waals surface area contributed by atoms with E-state index in [1.807, 2.05) is 4.90 Å². The Kier molecular flexibility index (Phi) is 6.21. The van der Waals surface area contributed by atoms with Gasteiger partial charge in [0.25, 0.3) is 5.91 Å². The van der Waals surface area contributed by atoms with Gasteiger partial charge < -0.3 is 14.9 Å². The van der Waals surface area contributed by atoms with Crippen LogP contribution in [0.3, 0.4) is 0 Å². The predicted molar refractivity (Wildman–Crippen MR) is 74.3 cm³/mol. The van der Waals surface area contributed by atoms with Gasteiger partial charge in [-0.1, -0.05) is 13.3 Å². The summed E-state index contributed by atoms with van der Waals surface area (Å²) in [7, 11) is 3.36. The third kappa shape index (κ3) is 4.48. The number of aliphatic hydroxyl groups excluding tert-OH is 1. The number of rotatable bonds is 7. The van der Waals surface area contributed by atoms with E-state index in [1.54, 1.807) is 26.2 Å². The molecule has 1 N–H and O–H groups in total. The molecule has 0 atom stereocenters. The van der Waals surface area contributed by atoms with Crippen LogP contribution in [0, 0.1) is 0 Å². The molecule has 106 valence electrons. The van der Waals surface area contributed by atoms with Crippen molar-refractivity contribution in [3.63, 3.8) is 0 Å². The summed E-state index contributed by atoms with van der Waals surface area (Å²) < 4.78 is 0. The molecule has 0 aromatic carbocycles. The second-order valence-electron chi connectivity index (χ2n) is 4.54. The molecule has 1 aromatic heterocycles.